The summed E-state index contributed by atoms with van der Waals surface area (Å²) in [6.07, 6.45) is 4.01. The predicted octanol–water partition coefficient (Wildman–Crippen LogP) is 1.72. The molecule has 5 nitrogen and oxygen atoms in total. The van der Waals surface area contributed by atoms with Crippen molar-refractivity contribution in [3.8, 4) is 5.75 Å². The van der Waals surface area contributed by atoms with Gasteiger partial charge in [0.1, 0.15) is 5.75 Å². The van der Waals surface area contributed by atoms with E-state index in [1.807, 2.05) is 0 Å². The van der Waals surface area contributed by atoms with Gasteiger partial charge in [0.2, 0.25) is 0 Å². The molecule has 1 aromatic heterocycles. The third kappa shape index (κ3) is 3.03. The van der Waals surface area contributed by atoms with Crippen molar-refractivity contribution in [2.75, 3.05) is 13.4 Å². The molecule has 0 N–H and O–H groups in total. The van der Waals surface area contributed by atoms with Crippen LogP contribution in [0.3, 0.4) is 0 Å². The summed E-state index contributed by atoms with van der Waals surface area (Å²) in [6, 6.07) is 7.48. The molecule has 0 atom stereocenters. The van der Waals surface area contributed by atoms with Crippen molar-refractivity contribution < 1.29 is 17.9 Å². The quantitative estimate of drug-likeness (QED) is 0.802. The van der Waals surface area contributed by atoms with Gasteiger partial charge in [0.25, 0.3) is 0 Å². The highest BCUT2D eigenvalue weighted by molar-refractivity contribution is 7.90. The third-order valence-corrected chi connectivity index (χ3v) is 3.85. The third-order valence-electron chi connectivity index (χ3n) is 2.74. The molecule has 0 spiro atoms. The molecule has 6 heteroatoms. The molecule has 1 aromatic carbocycles. The molecule has 0 bridgehead atoms. The van der Waals surface area contributed by atoms with E-state index in [9.17, 15) is 13.2 Å². The zero-order valence-electron chi connectivity index (χ0n) is 11.0. The Hall–Kier alpha value is -2.21. The van der Waals surface area contributed by atoms with Gasteiger partial charge in [-0.1, -0.05) is 12.1 Å². The van der Waals surface area contributed by atoms with Crippen molar-refractivity contribution in [1.29, 1.82) is 0 Å². The number of nitrogens with zero attached hydrogens (tertiary/aromatic N) is 1. The Morgan fingerprint density at radius 1 is 1.15 bits per heavy atom. The Morgan fingerprint density at radius 3 is 2.55 bits per heavy atom. The summed E-state index contributed by atoms with van der Waals surface area (Å²) >= 11 is 0. The van der Waals surface area contributed by atoms with Crippen molar-refractivity contribution in [2.24, 2.45) is 0 Å². The van der Waals surface area contributed by atoms with Crippen molar-refractivity contribution in [3.05, 3.63) is 53.9 Å². The fraction of sp³-hybridized carbons (Fsp3) is 0.143. The van der Waals surface area contributed by atoms with Gasteiger partial charge in [-0.25, -0.2) is 8.42 Å². The fourth-order valence-electron chi connectivity index (χ4n) is 1.69. The van der Waals surface area contributed by atoms with Gasteiger partial charge in [-0.05, 0) is 18.2 Å². The lowest BCUT2D eigenvalue weighted by atomic mass is 10.1. The monoisotopic (exact) mass is 291 g/mol. The number of hydrogen-bond acceptors (Lipinski definition) is 5. The molecule has 0 amide bonds. The molecule has 2 rings (SSSR count). The number of benzene rings is 1. The number of ketones is 1. The Labute approximate surface area is 117 Å². The van der Waals surface area contributed by atoms with Crippen LogP contribution < -0.4 is 4.74 Å². The molecule has 0 radical (unpaired) electrons. The van der Waals surface area contributed by atoms with E-state index in [4.69, 9.17) is 4.74 Å². The number of hydrogen-bond donors (Lipinski definition) is 0. The van der Waals surface area contributed by atoms with Gasteiger partial charge in [-0.15, -0.1) is 0 Å². The smallest absolute Gasteiger partial charge is 0.194 e. The zero-order chi connectivity index (χ0) is 14.8. The lowest BCUT2D eigenvalue weighted by Gasteiger charge is -2.05. The first-order chi connectivity index (χ1) is 9.41. The van der Waals surface area contributed by atoms with E-state index in [1.54, 1.807) is 12.1 Å². The minimum atomic E-state index is -3.35. The summed E-state index contributed by atoms with van der Waals surface area (Å²) in [5.74, 6) is 0.164. The normalized spacial score (nSPS) is 11.1. The van der Waals surface area contributed by atoms with Crippen molar-refractivity contribution in [1.82, 2.24) is 4.98 Å². The van der Waals surface area contributed by atoms with Crippen LogP contribution in [0.2, 0.25) is 0 Å². The zero-order valence-corrected chi connectivity index (χ0v) is 11.8. The number of pyridine rings is 1. The fourth-order valence-corrected chi connectivity index (χ4v) is 2.36. The van der Waals surface area contributed by atoms with Crippen molar-refractivity contribution >= 4 is 15.6 Å². The second kappa shape index (κ2) is 5.42. The van der Waals surface area contributed by atoms with Crippen LogP contribution in [0.15, 0.2) is 47.6 Å². The van der Waals surface area contributed by atoms with Gasteiger partial charge in [-0.3, -0.25) is 9.78 Å². The largest absolute Gasteiger partial charge is 0.495 e. The molecular weight excluding hydrogens is 278 g/mol. The Balaban J connectivity index is 2.43. The SMILES string of the molecule is COc1cncc(C(=O)c2cccc(S(C)(=O)=O)c2)c1. The number of methoxy groups -OCH3 is 1. The molecule has 2 aromatic rings. The van der Waals surface area contributed by atoms with Crippen LogP contribution in [-0.2, 0) is 9.84 Å². The van der Waals surface area contributed by atoms with E-state index in [0.29, 0.717) is 16.9 Å². The van der Waals surface area contributed by atoms with Crippen molar-refractivity contribution in [2.45, 2.75) is 4.90 Å². The first-order valence-electron chi connectivity index (χ1n) is 5.75. The molecule has 0 aliphatic heterocycles. The Bertz CT molecular complexity index is 753. The minimum absolute atomic E-state index is 0.110. The molecule has 0 aliphatic rings. The summed E-state index contributed by atoms with van der Waals surface area (Å²) in [5, 5.41) is 0. The summed E-state index contributed by atoms with van der Waals surface area (Å²) in [7, 11) is -1.86. The maximum Gasteiger partial charge on any atom is 0.194 e. The first kappa shape index (κ1) is 14.2. The summed E-state index contributed by atoms with van der Waals surface area (Å²) in [6.45, 7) is 0. The lowest BCUT2D eigenvalue weighted by Crippen LogP contribution is -2.05. The highest BCUT2D eigenvalue weighted by Crippen LogP contribution is 2.17. The standard InChI is InChI=1S/C14H13NO4S/c1-19-12-6-11(8-15-9-12)14(16)10-4-3-5-13(7-10)20(2,17)18/h3-9H,1-2H3. The number of rotatable bonds is 4. The maximum atomic E-state index is 12.3. The average Bonchev–Trinajstić information content (AvgIpc) is 2.46. The Morgan fingerprint density at radius 2 is 1.90 bits per heavy atom. The van der Waals surface area contributed by atoms with Gasteiger partial charge in [0.15, 0.2) is 15.6 Å². The lowest BCUT2D eigenvalue weighted by molar-refractivity contribution is 0.103. The molecule has 0 fully saturated rings. The number of carbonyl (C=O) groups is 1. The second-order valence-corrected chi connectivity index (χ2v) is 6.26. The molecule has 20 heavy (non-hydrogen) atoms. The van der Waals surface area contributed by atoms with E-state index in [0.717, 1.165) is 6.26 Å². The van der Waals surface area contributed by atoms with Gasteiger partial charge < -0.3 is 4.74 Å². The maximum absolute atomic E-state index is 12.3. The van der Waals surface area contributed by atoms with Crippen LogP contribution in [0.25, 0.3) is 0 Å². The number of carbonyl (C=O) groups excluding carboxylic acids is 1. The summed E-state index contributed by atoms with van der Waals surface area (Å²) in [5.41, 5.74) is 0.637. The van der Waals surface area contributed by atoms with Crippen LogP contribution in [0.1, 0.15) is 15.9 Å². The van der Waals surface area contributed by atoms with Gasteiger partial charge in [0.05, 0.1) is 18.2 Å². The molecule has 0 unspecified atom stereocenters. The molecule has 0 saturated heterocycles. The first-order valence-corrected chi connectivity index (χ1v) is 7.65. The Kier molecular flexibility index (Phi) is 3.85. The van der Waals surface area contributed by atoms with Crippen molar-refractivity contribution in [3.63, 3.8) is 0 Å². The minimum Gasteiger partial charge on any atom is -0.495 e. The average molecular weight is 291 g/mol. The number of aromatic nitrogens is 1. The van der Waals surface area contributed by atoms with E-state index < -0.39 is 9.84 Å². The van der Waals surface area contributed by atoms with Gasteiger partial charge in [0, 0.05) is 23.6 Å². The van der Waals surface area contributed by atoms with Crippen LogP contribution in [-0.4, -0.2) is 32.6 Å². The van der Waals surface area contributed by atoms with Crippen LogP contribution in [0.5, 0.6) is 5.75 Å². The van der Waals surface area contributed by atoms with Crippen LogP contribution >= 0.6 is 0 Å². The van der Waals surface area contributed by atoms with E-state index in [1.165, 1.54) is 37.7 Å². The molecule has 1 heterocycles. The van der Waals surface area contributed by atoms with Gasteiger partial charge in [-0.2, -0.15) is 0 Å². The summed E-state index contributed by atoms with van der Waals surface area (Å²) < 4.78 is 28.0. The van der Waals surface area contributed by atoms with Gasteiger partial charge >= 0.3 is 0 Å². The van der Waals surface area contributed by atoms with E-state index >= 15 is 0 Å². The number of sulfone groups is 1. The highest BCUT2D eigenvalue weighted by atomic mass is 32.2. The molecule has 0 saturated carbocycles. The van der Waals surface area contributed by atoms with E-state index in [2.05, 4.69) is 4.98 Å². The van der Waals surface area contributed by atoms with Crippen LogP contribution in [0, 0.1) is 0 Å². The molecular formula is C14H13NO4S. The van der Waals surface area contributed by atoms with E-state index in [-0.39, 0.29) is 10.7 Å². The predicted molar refractivity (Wildman–Crippen MR) is 73.8 cm³/mol. The topological polar surface area (TPSA) is 73.3 Å². The molecule has 0 aliphatic carbocycles. The highest BCUT2D eigenvalue weighted by Gasteiger charge is 2.14. The van der Waals surface area contributed by atoms with Crippen LogP contribution in [0.4, 0.5) is 0 Å². The summed E-state index contributed by atoms with van der Waals surface area (Å²) in [4.78, 5) is 16.3. The molecule has 104 valence electrons. The number of ether oxygens (including phenoxy) is 1. The second-order valence-electron chi connectivity index (χ2n) is 4.24.